The Kier molecular flexibility index (Phi) is 5.71. The van der Waals surface area contributed by atoms with Crippen molar-refractivity contribution in [3.8, 4) is 0 Å². The van der Waals surface area contributed by atoms with Crippen molar-refractivity contribution >= 4 is 29.4 Å². The number of carbonyl (C=O) groups excluding carboxylic acids is 2. The third-order valence-corrected chi connectivity index (χ3v) is 4.63. The summed E-state index contributed by atoms with van der Waals surface area (Å²) in [5.41, 5.74) is 0.811. The van der Waals surface area contributed by atoms with E-state index in [4.69, 9.17) is 16.7 Å². The summed E-state index contributed by atoms with van der Waals surface area (Å²) in [5, 5.41) is 9.62. The number of benzene rings is 1. The molecule has 0 unspecified atom stereocenters. The molecule has 0 spiro atoms. The van der Waals surface area contributed by atoms with Crippen molar-refractivity contribution in [3.05, 3.63) is 64.4 Å². The van der Waals surface area contributed by atoms with Crippen molar-refractivity contribution in [1.82, 2.24) is 14.8 Å². The number of carboxylic acids is 1. The third-order valence-electron chi connectivity index (χ3n) is 4.38. The number of halogens is 1. The van der Waals surface area contributed by atoms with Crippen LogP contribution in [0.25, 0.3) is 0 Å². The lowest BCUT2D eigenvalue weighted by Crippen LogP contribution is -2.51. The molecule has 7 nitrogen and oxygen atoms in total. The highest BCUT2D eigenvalue weighted by atomic mass is 35.5. The molecule has 2 aromatic rings. The highest BCUT2D eigenvalue weighted by Gasteiger charge is 2.25. The molecule has 0 saturated carbocycles. The van der Waals surface area contributed by atoms with Gasteiger partial charge in [-0.2, -0.15) is 0 Å². The van der Waals surface area contributed by atoms with Crippen LogP contribution >= 0.6 is 11.6 Å². The minimum atomic E-state index is -1.18. The second-order valence-corrected chi connectivity index (χ2v) is 6.63. The molecule has 8 heteroatoms. The number of aromatic nitrogens is 1. The Morgan fingerprint density at radius 3 is 2.15 bits per heavy atom. The highest BCUT2D eigenvalue weighted by molar-refractivity contribution is 6.30. The number of hydrogen-bond acceptors (Lipinski definition) is 4. The van der Waals surface area contributed by atoms with Crippen molar-refractivity contribution in [2.45, 2.75) is 6.42 Å². The Morgan fingerprint density at radius 1 is 0.926 bits per heavy atom. The van der Waals surface area contributed by atoms with Gasteiger partial charge in [0.15, 0.2) is 0 Å². The van der Waals surface area contributed by atoms with Crippen LogP contribution in [0.2, 0.25) is 5.02 Å². The quantitative estimate of drug-likeness (QED) is 0.866. The summed E-state index contributed by atoms with van der Waals surface area (Å²) in [6.45, 7) is 1.61. The van der Waals surface area contributed by atoms with Crippen LogP contribution in [0, 0.1) is 0 Å². The molecular weight excluding hydrogens is 370 g/mol. The Morgan fingerprint density at radius 2 is 1.52 bits per heavy atom. The van der Waals surface area contributed by atoms with Crippen LogP contribution in [-0.4, -0.2) is 63.9 Å². The maximum Gasteiger partial charge on any atom is 0.354 e. The molecule has 1 aromatic carbocycles. The van der Waals surface area contributed by atoms with Crippen LogP contribution in [0.3, 0.4) is 0 Å². The molecule has 1 fully saturated rings. The maximum absolute atomic E-state index is 12.5. The van der Waals surface area contributed by atoms with E-state index in [0.29, 0.717) is 31.2 Å². The van der Waals surface area contributed by atoms with E-state index in [1.165, 1.54) is 18.2 Å². The van der Waals surface area contributed by atoms with Gasteiger partial charge in [-0.3, -0.25) is 9.59 Å². The first-order valence-corrected chi connectivity index (χ1v) is 8.83. The first-order valence-electron chi connectivity index (χ1n) is 8.46. The van der Waals surface area contributed by atoms with E-state index < -0.39 is 5.97 Å². The summed E-state index contributed by atoms with van der Waals surface area (Å²) in [5.74, 6) is -1.51. The predicted octanol–water partition coefficient (Wildman–Crippen LogP) is 1.96. The van der Waals surface area contributed by atoms with Gasteiger partial charge < -0.3 is 14.9 Å². The Hall–Kier alpha value is -2.93. The van der Waals surface area contributed by atoms with Gasteiger partial charge in [-0.05, 0) is 29.8 Å². The van der Waals surface area contributed by atoms with Gasteiger partial charge in [0, 0.05) is 31.2 Å². The summed E-state index contributed by atoms with van der Waals surface area (Å²) in [4.78, 5) is 43.1. The van der Waals surface area contributed by atoms with Gasteiger partial charge in [0.25, 0.3) is 5.91 Å². The van der Waals surface area contributed by atoms with E-state index in [9.17, 15) is 14.4 Å². The normalized spacial score (nSPS) is 14.1. The molecule has 1 saturated heterocycles. The van der Waals surface area contributed by atoms with Crippen molar-refractivity contribution < 1.29 is 19.5 Å². The predicted molar refractivity (Wildman–Crippen MR) is 98.8 cm³/mol. The molecule has 140 valence electrons. The van der Waals surface area contributed by atoms with E-state index in [0.717, 1.165) is 5.56 Å². The number of aromatic carboxylic acids is 1. The first-order chi connectivity index (χ1) is 12.9. The average molecular weight is 388 g/mol. The summed E-state index contributed by atoms with van der Waals surface area (Å²) < 4.78 is 0. The van der Waals surface area contributed by atoms with E-state index in [-0.39, 0.29) is 29.6 Å². The first kappa shape index (κ1) is 18.8. The van der Waals surface area contributed by atoms with Crippen LogP contribution in [0.4, 0.5) is 0 Å². The smallest absolute Gasteiger partial charge is 0.354 e. The molecule has 3 rings (SSSR count). The number of rotatable bonds is 4. The molecule has 0 atom stereocenters. The molecule has 1 aliphatic heterocycles. The van der Waals surface area contributed by atoms with Crippen LogP contribution in [-0.2, 0) is 11.2 Å². The fourth-order valence-electron chi connectivity index (χ4n) is 2.88. The maximum atomic E-state index is 12.5. The van der Waals surface area contributed by atoms with E-state index >= 15 is 0 Å². The van der Waals surface area contributed by atoms with Crippen LogP contribution in [0.1, 0.15) is 26.5 Å². The van der Waals surface area contributed by atoms with Crippen molar-refractivity contribution in [3.63, 3.8) is 0 Å². The third kappa shape index (κ3) is 4.62. The van der Waals surface area contributed by atoms with Gasteiger partial charge in [-0.1, -0.05) is 29.8 Å². The van der Waals surface area contributed by atoms with Gasteiger partial charge >= 0.3 is 5.97 Å². The number of nitrogens with zero attached hydrogens (tertiary/aromatic N) is 3. The topological polar surface area (TPSA) is 90.8 Å². The van der Waals surface area contributed by atoms with Crippen LogP contribution in [0.5, 0.6) is 0 Å². The zero-order valence-corrected chi connectivity index (χ0v) is 15.2. The molecule has 0 aliphatic carbocycles. The lowest BCUT2D eigenvalue weighted by atomic mass is 10.1. The van der Waals surface area contributed by atoms with Crippen molar-refractivity contribution in [1.29, 1.82) is 0 Å². The standard InChI is InChI=1S/C19H18ClN3O4/c20-14-6-4-13(5-7-14)12-17(24)22-8-10-23(11-9-22)18(25)15-2-1-3-16(21-15)19(26)27/h1-7H,8-12H2,(H,26,27). The Balaban J connectivity index is 1.57. The molecule has 1 aromatic heterocycles. The van der Waals surface area contributed by atoms with Crippen molar-refractivity contribution in [2.75, 3.05) is 26.2 Å². The molecule has 1 aliphatic rings. The van der Waals surface area contributed by atoms with Gasteiger partial charge in [0.1, 0.15) is 11.4 Å². The van der Waals surface area contributed by atoms with E-state index in [1.807, 2.05) is 12.1 Å². The number of pyridine rings is 1. The molecule has 27 heavy (non-hydrogen) atoms. The van der Waals surface area contributed by atoms with E-state index in [2.05, 4.69) is 4.98 Å². The average Bonchev–Trinajstić information content (AvgIpc) is 2.69. The fourth-order valence-corrected chi connectivity index (χ4v) is 3.01. The van der Waals surface area contributed by atoms with Gasteiger partial charge in [0.2, 0.25) is 5.91 Å². The molecule has 0 bridgehead atoms. The lowest BCUT2D eigenvalue weighted by Gasteiger charge is -2.34. The molecule has 0 radical (unpaired) electrons. The summed E-state index contributed by atoms with van der Waals surface area (Å²) in [7, 11) is 0. The van der Waals surface area contributed by atoms with Crippen LogP contribution < -0.4 is 0 Å². The Bertz CT molecular complexity index is 862. The molecule has 2 amide bonds. The highest BCUT2D eigenvalue weighted by Crippen LogP contribution is 2.13. The van der Waals surface area contributed by atoms with E-state index in [1.54, 1.807) is 21.9 Å². The second-order valence-electron chi connectivity index (χ2n) is 6.19. The van der Waals surface area contributed by atoms with Gasteiger partial charge in [-0.15, -0.1) is 0 Å². The zero-order valence-electron chi connectivity index (χ0n) is 14.5. The van der Waals surface area contributed by atoms with Crippen LogP contribution in [0.15, 0.2) is 42.5 Å². The number of piperazine rings is 1. The summed E-state index contributed by atoms with van der Waals surface area (Å²) in [6, 6.07) is 11.5. The van der Waals surface area contributed by atoms with Crippen molar-refractivity contribution in [2.24, 2.45) is 0 Å². The minimum absolute atomic E-state index is 0.00424. The number of amides is 2. The molecular formula is C19H18ClN3O4. The minimum Gasteiger partial charge on any atom is -0.477 e. The summed E-state index contributed by atoms with van der Waals surface area (Å²) >= 11 is 5.85. The number of hydrogen-bond donors (Lipinski definition) is 1. The monoisotopic (exact) mass is 387 g/mol. The van der Waals surface area contributed by atoms with Gasteiger partial charge in [-0.25, -0.2) is 9.78 Å². The summed E-state index contributed by atoms with van der Waals surface area (Å²) in [6.07, 6.45) is 0.285. The zero-order chi connectivity index (χ0) is 19.4. The number of carboxylic acid groups (broad SMARTS) is 1. The number of carbonyl (C=O) groups is 3. The fraction of sp³-hybridized carbons (Fsp3) is 0.263. The van der Waals surface area contributed by atoms with Gasteiger partial charge in [0.05, 0.1) is 6.42 Å². The lowest BCUT2D eigenvalue weighted by molar-refractivity contribution is -0.131. The Labute approximate surface area is 161 Å². The molecule has 2 heterocycles. The largest absolute Gasteiger partial charge is 0.477 e. The molecule has 1 N–H and O–H groups in total. The SMILES string of the molecule is O=C(O)c1cccc(C(=O)N2CCN(C(=O)Cc3ccc(Cl)cc3)CC2)n1. The second kappa shape index (κ2) is 8.18.